The van der Waals surface area contributed by atoms with E-state index in [1.807, 2.05) is 43.0 Å². The van der Waals surface area contributed by atoms with Crippen LogP contribution in [0.5, 0.6) is 0 Å². The Hall–Kier alpha value is -2.18. The first-order valence-corrected chi connectivity index (χ1v) is 11.7. The van der Waals surface area contributed by atoms with Crippen LogP contribution in [0.4, 0.5) is 0 Å². The van der Waals surface area contributed by atoms with Gasteiger partial charge in [-0.05, 0) is 68.9 Å². The van der Waals surface area contributed by atoms with Gasteiger partial charge in [0.15, 0.2) is 0 Å². The smallest absolute Gasteiger partial charge is 0.261 e. The fraction of sp³-hybridized carbons (Fsp3) is 0.500. The van der Waals surface area contributed by atoms with Crippen molar-refractivity contribution in [3.8, 4) is 0 Å². The Bertz CT molecular complexity index is 872. The van der Waals surface area contributed by atoms with Crippen molar-refractivity contribution in [2.24, 2.45) is 0 Å². The van der Waals surface area contributed by atoms with Gasteiger partial charge in [0.25, 0.3) is 11.8 Å². The van der Waals surface area contributed by atoms with Crippen molar-refractivity contribution in [2.45, 2.75) is 64.7 Å². The van der Waals surface area contributed by atoms with Crippen LogP contribution in [0.2, 0.25) is 0 Å². The normalized spacial score (nSPS) is 21.6. The molecule has 5 nitrogen and oxygen atoms in total. The van der Waals surface area contributed by atoms with Crippen LogP contribution in [0.3, 0.4) is 0 Å². The SMILES string of the molecule is C[C@@H]1CN(C(=O)c2ccc(CNC(=O)c3cc4c(s3)CCCCC4)cc2)C[C@H](C)O1. The lowest BCUT2D eigenvalue weighted by Crippen LogP contribution is -2.48. The maximum Gasteiger partial charge on any atom is 0.261 e. The number of benzene rings is 1. The molecule has 1 aliphatic carbocycles. The number of ether oxygens (including phenoxy) is 1. The average molecular weight is 427 g/mol. The topological polar surface area (TPSA) is 58.6 Å². The summed E-state index contributed by atoms with van der Waals surface area (Å²) < 4.78 is 5.71. The predicted octanol–water partition coefficient (Wildman–Crippen LogP) is 4.20. The summed E-state index contributed by atoms with van der Waals surface area (Å²) in [6.45, 7) is 5.68. The maximum atomic E-state index is 12.8. The molecule has 0 radical (unpaired) electrons. The van der Waals surface area contributed by atoms with Crippen molar-refractivity contribution in [2.75, 3.05) is 13.1 Å². The summed E-state index contributed by atoms with van der Waals surface area (Å²) in [5.74, 6) is 0.0252. The Balaban J connectivity index is 1.33. The molecule has 30 heavy (non-hydrogen) atoms. The lowest BCUT2D eigenvalue weighted by atomic mass is 10.1. The summed E-state index contributed by atoms with van der Waals surface area (Å²) in [5.41, 5.74) is 3.02. The Morgan fingerprint density at radius 1 is 1.07 bits per heavy atom. The maximum absolute atomic E-state index is 12.8. The monoisotopic (exact) mass is 426 g/mol. The van der Waals surface area contributed by atoms with E-state index in [1.165, 1.54) is 29.7 Å². The zero-order valence-electron chi connectivity index (χ0n) is 17.8. The summed E-state index contributed by atoms with van der Waals surface area (Å²) in [7, 11) is 0. The van der Waals surface area contributed by atoms with Gasteiger partial charge < -0.3 is 15.0 Å². The van der Waals surface area contributed by atoms with E-state index < -0.39 is 0 Å². The van der Waals surface area contributed by atoms with Crippen molar-refractivity contribution in [1.82, 2.24) is 10.2 Å². The first-order valence-electron chi connectivity index (χ1n) is 10.9. The minimum atomic E-state index is -0.00971. The number of nitrogens with one attached hydrogen (secondary N) is 1. The Labute approximate surface area is 182 Å². The van der Waals surface area contributed by atoms with Gasteiger partial charge in [0.2, 0.25) is 0 Å². The molecule has 2 heterocycles. The molecule has 0 unspecified atom stereocenters. The quantitative estimate of drug-likeness (QED) is 0.746. The van der Waals surface area contributed by atoms with Crippen LogP contribution in [0.1, 0.15) is 69.1 Å². The second-order valence-corrected chi connectivity index (χ2v) is 9.60. The highest BCUT2D eigenvalue weighted by Gasteiger charge is 2.26. The van der Waals surface area contributed by atoms with Gasteiger partial charge in [-0.1, -0.05) is 18.6 Å². The van der Waals surface area contributed by atoms with E-state index in [1.54, 1.807) is 11.3 Å². The molecule has 1 aromatic carbocycles. The predicted molar refractivity (Wildman–Crippen MR) is 119 cm³/mol. The highest BCUT2D eigenvalue weighted by atomic mass is 32.1. The van der Waals surface area contributed by atoms with Gasteiger partial charge in [-0.15, -0.1) is 11.3 Å². The van der Waals surface area contributed by atoms with Gasteiger partial charge in [0.1, 0.15) is 0 Å². The summed E-state index contributed by atoms with van der Waals surface area (Å²) in [4.78, 5) is 29.4. The molecule has 2 aliphatic rings. The number of fused-ring (bicyclic) bond motifs is 1. The number of amides is 2. The molecule has 160 valence electrons. The van der Waals surface area contributed by atoms with Crippen molar-refractivity contribution < 1.29 is 14.3 Å². The van der Waals surface area contributed by atoms with Gasteiger partial charge >= 0.3 is 0 Å². The molecule has 6 heteroatoms. The van der Waals surface area contributed by atoms with E-state index in [4.69, 9.17) is 4.74 Å². The van der Waals surface area contributed by atoms with Crippen molar-refractivity contribution in [1.29, 1.82) is 0 Å². The number of rotatable bonds is 4. The van der Waals surface area contributed by atoms with E-state index in [9.17, 15) is 9.59 Å². The van der Waals surface area contributed by atoms with Crippen LogP contribution in [0.15, 0.2) is 30.3 Å². The average Bonchev–Trinajstić information content (AvgIpc) is 3.02. The molecule has 1 N–H and O–H groups in total. The zero-order valence-corrected chi connectivity index (χ0v) is 18.6. The number of thiophene rings is 1. The summed E-state index contributed by atoms with van der Waals surface area (Å²) >= 11 is 1.64. The van der Waals surface area contributed by atoms with Crippen molar-refractivity contribution in [3.63, 3.8) is 0 Å². The number of aryl methyl sites for hydroxylation is 2. The van der Waals surface area contributed by atoms with Gasteiger partial charge in [0, 0.05) is 30.1 Å². The molecule has 2 amide bonds. The highest BCUT2D eigenvalue weighted by molar-refractivity contribution is 7.14. The molecule has 1 aliphatic heterocycles. The molecular formula is C24H30N2O3S. The highest BCUT2D eigenvalue weighted by Crippen LogP contribution is 2.29. The van der Waals surface area contributed by atoms with Crippen LogP contribution in [0, 0.1) is 0 Å². The fourth-order valence-electron chi connectivity index (χ4n) is 4.34. The van der Waals surface area contributed by atoms with Crippen LogP contribution in [-0.4, -0.2) is 42.0 Å². The Kier molecular flexibility index (Phi) is 6.54. The van der Waals surface area contributed by atoms with E-state index in [0.717, 1.165) is 23.3 Å². The molecule has 2 atom stereocenters. The second-order valence-electron chi connectivity index (χ2n) is 8.47. The molecular weight excluding hydrogens is 396 g/mol. The molecule has 1 fully saturated rings. The molecule has 0 spiro atoms. The minimum absolute atomic E-state index is 0.00971. The Morgan fingerprint density at radius 2 is 1.77 bits per heavy atom. The van der Waals surface area contributed by atoms with Crippen molar-refractivity contribution in [3.05, 3.63) is 56.8 Å². The van der Waals surface area contributed by atoms with Crippen LogP contribution in [-0.2, 0) is 24.1 Å². The third-order valence-electron chi connectivity index (χ3n) is 5.83. The number of carbonyl (C=O) groups is 2. The van der Waals surface area contributed by atoms with Gasteiger partial charge in [0.05, 0.1) is 17.1 Å². The van der Waals surface area contributed by atoms with E-state index in [2.05, 4.69) is 11.4 Å². The minimum Gasteiger partial charge on any atom is -0.372 e. The third kappa shape index (κ3) is 4.93. The van der Waals surface area contributed by atoms with E-state index >= 15 is 0 Å². The molecule has 1 aromatic heterocycles. The summed E-state index contributed by atoms with van der Waals surface area (Å²) in [5, 5.41) is 3.02. The lowest BCUT2D eigenvalue weighted by Gasteiger charge is -2.35. The van der Waals surface area contributed by atoms with Gasteiger partial charge in [-0.2, -0.15) is 0 Å². The number of hydrogen-bond acceptors (Lipinski definition) is 4. The largest absolute Gasteiger partial charge is 0.372 e. The summed E-state index contributed by atoms with van der Waals surface area (Å²) in [6, 6.07) is 9.62. The van der Waals surface area contributed by atoms with Crippen LogP contribution >= 0.6 is 11.3 Å². The number of morpholine rings is 1. The van der Waals surface area contributed by atoms with E-state index in [-0.39, 0.29) is 24.0 Å². The fourth-order valence-corrected chi connectivity index (χ4v) is 5.51. The van der Waals surface area contributed by atoms with Crippen LogP contribution < -0.4 is 5.32 Å². The number of hydrogen-bond donors (Lipinski definition) is 1. The number of carbonyl (C=O) groups excluding carboxylic acids is 2. The van der Waals surface area contributed by atoms with Crippen molar-refractivity contribution >= 4 is 23.2 Å². The second kappa shape index (κ2) is 9.31. The molecule has 0 bridgehead atoms. The lowest BCUT2D eigenvalue weighted by molar-refractivity contribution is -0.0586. The standard InChI is InChI=1S/C24H30N2O3S/c1-16-14-26(15-17(2)29-16)24(28)19-10-8-18(9-11-19)13-25-23(27)22-12-20-6-4-3-5-7-21(20)30-22/h8-12,16-17H,3-7,13-15H2,1-2H3,(H,25,27)/t16-,17+. The van der Waals surface area contributed by atoms with Gasteiger partial charge in [-0.3, -0.25) is 9.59 Å². The number of nitrogens with zero attached hydrogens (tertiary/aromatic N) is 1. The molecule has 0 saturated carbocycles. The first kappa shape index (κ1) is 21.1. The molecule has 1 saturated heterocycles. The molecule has 2 aromatic rings. The van der Waals surface area contributed by atoms with Crippen LogP contribution in [0.25, 0.3) is 0 Å². The summed E-state index contributed by atoms with van der Waals surface area (Å²) in [6.07, 6.45) is 6.03. The zero-order chi connectivity index (χ0) is 21.1. The first-order chi connectivity index (χ1) is 14.5. The Morgan fingerprint density at radius 3 is 2.50 bits per heavy atom. The van der Waals surface area contributed by atoms with E-state index in [0.29, 0.717) is 25.2 Å². The third-order valence-corrected chi connectivity index (χ3v) is 7.07. The van der Waals surface area contributed by atoms with Gasteiger partial charge in [-0.25, -0.2) is 0 Å². The molecule has 4 rings (SSSR count).